The molecule has 0 saturated heterocycles. The second kappa shape index (κ2) is 9.14. The number of hydrogen-bond acceptors (Lipinski definition) is 4. The van der Waals surface area contributed by atoms with Gasteiger partial charge in [0.15, 0.2) is 11.2 Å². The van der Waals surface area contributed by atoms with Gasteiger partial charge >= 0.3 is 0 Å². The molecule has 0 unspecified atom stereocenters. The quantitative estimate of drug-likeness (QED) is 0.285. The summed E-state index contributed by atoms with van der Waals surface area (Å²) < 4.78 is 7.90. The average molecular weight is 561 g/mol. The topological polar surface area (TPSA) is 76.5 Å². The largest absolute Gasteiger partial charge is 0.493 e. The van der Waals surface area contributed by atoms with Crippen molar-refractivity contribution >= 4 is 46.4 Å². The minimum Gasteiger partial charge on any atom is -0.493 e. The molecule has 2 amide bonds. The normalized spacial score (nSPS) is 17.7. The highest BCUT2D eigenvalue weighted by molar-refractivity contribution is 6.32. The molecule has 0 aliphatic carbocycles. The first kappa shape index (κ1) is 25.5. The van der Waals surface area contributed by atoms with Crippen molar-refractivity contribution in [3.8, 4) is 17.1 Å². The van der Waals surface area contributed by atoms with Gasteiger partial charge in [-0.1, -0.05) is 47.5 Å². The van der Waals surface area contributed by atoms with Gasteiger partial charge in [-0.05, 0) is 69.7 Å². The van der Waals surface area contributed by atoms with E-state index in [1.807, 2.05) is 62.6 Å². The molecule has 1 aromatic heterocycles. The molecule has 1 atom stereocenters. The Hall–Kier alpha value is -3.81. The van der Waals surface area contributed by atoms with Crippen molar-refractivity contribution in [2.75, 3.05) is 16.8 Å². The van der Waals surface area contributed by atoms with Gasteiger partial charge in [-0.3, -0.25) is 14.5 Å². The summed E-state index contributed by atoms with van der Waals surface area (Å²) in [6, 6.07) is 18.0. The number of aromatic nitrogens is 2. The number of carbonyl (C=O) groups excluding carboxylic acids is 2. The van der Waals surface area contributed by atoms with Gasteiger partial charge < -0.3 is 14.6 Å². The third kappa shape index (κ3) is 3.53. The van der Waals surface area contributed by atoms with Gasteiger partial charge in [0.05, 0.1) is 23.6 Å². The SMILES string of the molecule is CCOc1ccccc1-c1nc2c(n1C(C)C)[C@@]1(C(=O)Nc3cc(Cl)ccc31)N(c1cc(Cl)ccc1C)C2=O. The molecule has 1 N–H and O–H groups in total. The number of carbonyl (C=O) groups is 2. The predicted octanol–water partition coefficient (Wildman–Crippen LogP) is 7.00. The summed E-state index contributed by atoms with van der Waals surface area (Å²) in [6.45, 7) is 8.30. The molecule has 0 fully saturated rings. The number of imidazole rings is 1. The lowest BCUT2D eigenvalue weighted by atomic mass is 9.86. The fraction of sp³-hybridized carbons (Fsp3) is 0.233. The van der Waals surface area contributed by atoms with Crippen LogP contribution in [0.3, 0.4) is 0 Å². The molecule has 2 aliphatic rings. The van der Waals surface area contributed by atoms with Gasteiger partial charge in [-0.25, -0.2) is 4.98 Å². The maximum absolute atomic E-state index is 14.4. The second-order valence-corrected chi connectivity index (χ2v) is 10.8. The van der Waals surface area contributed by atoms with Crippen molar-refractivity contribution in [2.24, 2.45) is 0 Å². The summed E-state index contributed by atoms with van der Waals surface area (Å²) in [7, 11) is 0. The zero-order valence-corrected chi connectivity index (χ0v) is 23.4. The summed E-state index contributed by atoms with van der Waals surface area (Å²) in [5.74, 6) is 0.461. The van der Waals surface area contributed by atoms with Crippen LogP contribution in [0.2, 0.25) is 10.0 Å². The molecule has 4 aromatic rings. The summed E-state index contributed by atoms with van der Waals surface area (Å²) in [5.41, 5.74) is 2.42. The number of para-hydroxylation sites is 1. The summed E-state index contributed by atoms with van der Waals surface area (Å²) in [6.07, 6.45) is 0. The maximum atomic E-state index is 14.4. The van der Waals surface area contributed by atoms with E-state index in [1.54, 1.807) is 30.3 Å². The third-order valence-corrected chi connectivity index (χ3v) is 7.77. The van der Waals surface area contributed by atoms with Crippen molar-refractivity contribution in [1.82, 2.24) is 9.55 Å². The maximum Gasteiger partial charge on any atom is 0.280 e. The zero-order chi connectivity index (χ0) is 27.6. The number of anilines is 2. The highest BCUT2D eigenvalue weighted by Gasteiger charge is 2.64. The van der Waals surface area contributed by atoms with Crippen LogP contribution in [0.15, 0.2) is 60.7 Å². The second-order valence-electron chi connectivity index (χ2n) is 9.95. The van der Waals surface area contributed by atoms with Gasteiger partial charge in [0.25, 0.3) is 11.8 Å². The van der Waals surface area contributed by atoms with Crippen LogP contribution >= 0.6 is 23.2 Å². The fourth-order valence-electron chi connectivity index (χ4n) is 5.76. The van der Waals surface area contributed by atoms with Crippen LogP contribution in [0.5, 0.6) is 5.75 Å². The Balaban J connectivity index is 1.73. The van der Waals surface area contributed by atoms with Crippen LogP contribution < -0.4 is 15.0 Å². The summed E-state index contributed by atoms with van der Waals surface area (Å²) in [5, 5.41) is 3.93. The van der Waals surface area contributed by atoms with E-state index >= 15 is 0 Å². The van der Waals surface area contributed by atoms with E-state index in [9.17, 15) is 9.59 Å². The standard InChI is InChI=1S/C30H26Cl2N4O3/c1-5-39-24-9-7-6-8-20(24)27-34-25-26(35(27)16(2)3)30(21-13-12-18(31)14-22(21)33-29(30)38)36(28(25)37)23-15-19(32)11-10-17(23)4/h6-16H,5H2,1-4H3,(H,33,38)/t30-/m0/s1. The number of halogens is 2. The van der Waals surface area contributed by atoms with Gasteiger partial charge in [0, 0.05) is 27.3 Å². The van der Waals surface area contributed by atoms with Crippen molar-refractivity contribution in [2.45, 2.75) is 39.3 Å². The molecule has 39 heavy (non-hydrogen) atoms. The predicted molar refractivity (Wildman–Crippen MR) is 153 cm³/mol. The molecule has 9 heteroatoms. The summed E-state index contributed by atoms with van der Waals surface area (Å²) >= 11 is 12.8. The number of fused-ring (bicyclic) bond motifs is 4. The van der Waals surface area contributed by atoms with Crippen LogP contribution in [-0.2, 0) is 10.3 Å². The lowest BCUT2D eigenvalue weighted by Crippen LogP contribution is -2.51. The minimum absolute atomic E-state index is 0.153. The smallest absolute Gasteiger partial charge is 0.280 e. The van der Waals surface area contributed by atoms with Gasteiger partial charge in [0.1, 0.15) is 11.6 Å². The van der Waals surface area contributed by atoms with Gasteiger partial charge in [-0.2, -0.15) is 0 Å². The highest BCUT2D eigenvalue weighted by atomic mass is 35.5. The van der Waals surface area contributed by atoms with Crippen LogP contribution in [0.25, 0.3) is 11.4 Å². The van der Waals surface area contributed by atoms with Crippen LogP contribution in [0.4, 0.5) is 11.4 Å². The Labute approximate surface area is 236 Å². The number of benzene rings is 3. The molecule has 2 aliphatic heterocycles. The first-order chi connectivity index (χ1) is 18.7. The lowest BCUT2D eigenvalue weighted by Gasteiger charge is -2.36. The van der Waals surface area contributed by atoms with Crippen LogP contribution in [0, 0.1) is 6.92 Å². The zero-order valence-electron chi connectivity index (χ0n) is 21.9. The minimum atomic E-state index is -1.53. The lowest BCUT2D eigenvalue weighted by molar-refractivity contribution is -0.119. The Bertz CT molecular complexity index is 1680. The monoisotopic (exact) mass is 560 g/mol. The van der Waals surface area contributed by atoms with E-state index in [0.717, 1.165) is 11.1 Å². The Morgan fingerprint density at radius 1 is 1.03 bits per heavy atom. The van der Waals surface area contributed by atoms with Gasteiger partial charge in [-0.15, -0.1) is 0 Å². The van der Waals surface area contributed by atoms with E-state index < -0.39 is 5.54 Å². The Morgan fingerprint density at radius 3 is 2.49 bits per heavy atom. The molecular weight excluding hydrogens is 535 g/mol. The first-order valence-electron chi connectivity index (χ1n) is 12.8. The fourth-order valence-corrected chi connectivity index (χ4v) is 6.10. The average Bonchev–Trinajstić information content (AvgIpc) is 3.50. The number of ether oxygens (including phenoxy) is 1. The first-order valence-corrected chi connectivity index (χ1v) is 13.5. The molecular formula is C30H26Cl2N4O3. The van der Waals surface area contributed by atoms with E-state index in [1.165, 1.54) is 4.90 Å². The van der Waals surface area contributed by atoms with Crippen molar-refractivity contribution in [1.29, 1.82) is 0 Å². The summed E-state index contributed by atoms with van der Waals surface area (Å²) in [4.78, 5) is 35.2. The van der Waals surface area contributed by atoms with E-state index in [-0.39, 0.29) is 23.6 Å². The van der Waals surface area contributed by atoms with Gasteiger partial charge in [0.2, 0.25) is 0 Å². The molecule has 0 saturated carbocycles. The molecule has 3 aromatic carbocycles. The Morgan fingerprint density at radius 2 is 1.74 bits per heavy atom. The van der Waals surface area contributed by atoms with Crippen molar-refractivity contribution in [3.63, 3.8) is 0 Å². The number of hydrogen-bond donors (Lipinski definition) is 1. The molecule has 198 valence electrons. The molecule has 7 nitrogen and oxygen atoms in total. The van der Waals surface area contributed by atoms with E-state index in [2.05, 4.69) is 5.32 Å². The van der Waals surface area contributed by atoms with Crippen LogP contribution in [0.1, 0.15) is 54.1 Å². The number of nitrogens with zero attached hydrogens (tertiary/aromatic N) is 3. The third-order valence-electron chi connectivity index (χ3n) is 7.30. The molecule has 6 rings (SSSR count). The highest BCUT2D eigenvalue weighted by Crippen LogP contribution is 2.55. The number of rotatable bonds is 5. The molecule has 0 radical (unpaired) electrons. The molecule has 3 heterocycles. The molecule has 1 spiro atoms. The number of amides is 2. The Kier molecular flexibility index (Phi) is 5.97. The van der Waals surface area contributed by atoms with Crippen molar-refractivity contribution < 1.29 is 14.3 Å². The van der Waals surface area contributed by atoms with Crippen LogP contribution in [-0.4, -0.2) is 28.0 Å². The van der Waals surface area contributed by atoms with E-state index in [0.29, 0.717) is 50.9 Å². The number of aryl methyl sites for hydroxylation is 1. The van der Waals surface area contributed by atoms with Crippen molar-refractivity contribution in [3.05, 3.63) is 93.2 Å². The molecule has 0 bridgehead atoms. The number of nitrogens with one attached hydrogen (secondary N) is 1. The van der Waals surface area contributed by atoms with E-state index in [4.69, 9.17) is 32.9 Å².